The molecule has 1 aromatic rings. The number of rotatable bonds is 3. The molecule has 2 aliphatic heterocycles. The van der Waals surface area contributed by atoms with Gasteiger partial charge in [0.1, 0.15) is 12.6 Å². The summed E-state index contributed by atoms with van der Waals surface area (Å²) in [5.41, 5.74) is 0.991. The maximum absolute atomic E-state index is 12.6. The number of piperazine rings is 1. The molecule has 0 bridgehead atoms. The number of aromatic nitrogens is 2. The molecule has 0 unspecified atom stereocenters. The number of nitrogens with one attached hydrogen (secondary N) is 1. The molecule has 2 saturated heterocycles. The first-order valence-electron chi connectivity index (χ1n) is 8.21. The predicted molar refractivity (Wildman–Crippen MR) is 85.9 cm³/mol. The summed E-state index contributed by atoms with van der Waals surface area (Å²) in [6, 6.07) is -0.553. The molecule has 130 valence electrons. The highest BCUT2D eigenvalue weighted by atomic mass is 16.2. The Balaban J connectivity index is 1.69. The Morgan fingerprint density at radius 1 is 1.38 bits per heavy atom. The Hall–Kier alpha value is -2.38. The van der Waals surface area contributed by atoms with Crippen molar-refractivity contribution in [3.05, 3.63) is 18.0 Å². The zero-order chi connectivity index (χ0) is 17.4. The summed E-state index contributed by atoms with van der Waals surface area (Å²) in [4.78, 5) is 39.9. The largest absolute Gasteiger partial charge is 0.352 e. The zero-order valence-electron chi connectivity index (χ0n) is 14.2. The first-order chi connectivity index (χ1) is 11.3. The Kier molecular flexibility index (Phi) is 4.29. The van der Waals surface area contributed by atoms with E-state index in [2.05, 4.69) is 10.4 Å². The number of carbonyl (C=O) groups is 3. The maximum Gasteiger partial charge on any atom is 0.245 e. The number of amides is 3. The van der Waals surface area contributed by atoms with Crippen LogP contribution in [0.15, 0.2) is 12.4 Å². The van der Waals surface area contributed by atoms with Gasteiger partial charge in [0.05, 0.1) is 12.2 Å². The fraction of sp³-hybridized carbons (Fsp3) is 0.625. The molecule has 3 heterocycles. The Labute approximate surface area is 140 Å². The van der Waals surface area contributed by atoms with Gasteiger partial charge in [0.25, 0.3) is 0 Å². The second-order valence-corrected chi connectivity index (χ2v) is 6.71. The van der Waals surface area contributed by atoms with Gasteiger partial charge < -0.3 is 15.1 Å². The predicted octanol–water partition coefficient (Wildman–Crippen LogP) is -0.472. The molecular formula is C16H23N5O3. The summed E-state index contributed by atoms with van der Waals surface area (Å²) in [6.07, 6.45) is 4.19. The number of hydrogen-bond acceptors (Lipinski definition) is 4. The topological polar surface area (TPSA) is 87.5 Å². The van der Waals surface area contributed by atoms with Crippen LogP contribution >= 0.6 is 0 Å². The van der Waals surface area contributed by atoms with Gasteiger partial charge in [0.15, 0.2) is 0 Å². The van der Waals surface area contributed by atoms with E-state index in [-0.39, 0.29) is 36.3 Å². The van der Waals surface area contributed by atoms with Crippen molar-refractivity contribution in [1.29, 1.82) is 0 Å². The number of aryl methyl sites for hydroxylation is 1. The Morgan fingerprint density at radius 3 is 2.75 bits per heavy atom. The normalized spacial score (nSPS) is 26.5. The van der Waals surface area contributed by atoms with E-state index in [9.17, 15) is 14.4 Å². The minimum absolute atomic E-state index is 0.0335. The van der Waals surface area contributed by atoms with Gasteiger partial charge in [-0.3, -0.25) is 19.1 Å². The second-order valence-electron chi connectivity index (χ2n) is 6.71. The number of fused-ring (bicyclic) bond motifs is 1. The monoisotopic (exact) mass is 333 g/mol. The number of hydrogen-bond donors (Lipinski definition) is 1. The molecule has 0 radical (unpaired) electrons. The summed E-state index contributed by atoms with van der Waals surface area (Å²) in [5, 5.41) is 7.00. The van der Waals surface area contributed by atoms with Crippen molar-refractivity contribution in [2.75, 3.05) is 13.1 Å². The molecule has 2 aliphatic rings. The van der Waals surface area contributed by atoms with E-state index < -0.39 is 6.04 Å². The third-order valence-corrected chi connectivity index (χ3v) is 4.72. The van der Waals surface area contributed by atoms with Crippen LogP contribution in [0.4, 0.5) is 0 Å². The number of nitrogens with zero attached hydrogens (tertiary/aromatic N) is 4. The van der Waals surface area contributed by atoms with Crippen LogP contribution in [-0.2, 0) is 20.9 Å². The van der Waals surface area contributed by atoms with Crippen LogP contribution in [0.2, 0.25) is 0 Å². The van der Waals surface area contributed by atoms with Gasteiger partial charge in [-0.1, -0.05) is 0 Å². The van der Waals surface area contributed by atoms with E-state index in [0.29, 0.717) is 19.5 Å². The minimum atomic E-state index is -0.485. The van der Waals surface area contributed by atoms with Crippen molar-refractivity contribution in [2.45, 2.75) is 51.9 Å². The minimum Gasteiger partial charge on any atom is -0.352 e. The highest BCUT2D eigenvalue weighted by molar-refractivity contribution is 5.89. The van der Waals surface area contributed by atoms with Crippen molar-refractivity contribution in [2.24, 2.45) is 0 Å². The quantitative estimate of drug-likeness (QED) is 0.810. The second kappa shape index (κ2) is 6.26. The summed E-state index contributed by atoms with van der Waals surface area (Å²) < 4.78 is 1.59. The van der Waals surface area contributed by atoms with E-state index in [1.807, 2.05) is 13.1 Å². The molecule has 1 aromatic heterocycles. The van der Waals surface area contributed by atoms with Gasteiger partial charge in [0, 0.05) is 32.3 Å². The lowest BCUT2D eigenvalue weighted by atomic mass is 10.1. The lowest BCUT2D eigenvalue weighted by molar-refractivity contribution is -0.152. The van der Waals surface area contributed by atoms with Crippen LogP contribution in [0.25, 0.3) is 0 Å². The van der Waals surface area contributed by atoms with Crippen LogP contribution in [-0.4, -0.2) is 68.5 Å². The molecule has 24 heavy (non-hydrogen) atoms. The highest BCUT2D eigenvalue weighted by Gasteiger charge is 2.45. The standard InChI is InChI=1S/C16H23N5O3/c1-10-5-17-19(6-10)9-15(23)20-8-14-4-13(18-12(3)22)7-21(14)16(24)11(20)2/h5-6,11,13-14H,4,7-9H2,1-3H3,(H,18,22)/t11-,13-,14-/m0/s1. The fourth-order valence-electron chi connectivity index (χ4n) is 3.61. The van der Waals surface area contributed by atoms with Gasteiger partial charge in [-0.25, -0.2) is 0 Å². The van der Waals surface area contributed by atoms with Crippen LogP contribution in [0, 0.1) is 6.92 Å². The van der Waals surface area contributed by atoms with Crippen LogP contribution in [0.1, 0.15) is 25.8 Å². The average molecular weight is 333 g/mol. The van der Waals surface area contributed by atoms with Gasteiger partial charge in [-0.15, -0.1) is 0 Å². The van der Waals surface area contributed by atoms with Gasteiger partial charge >= 0.3 is 0 Å². The summed E-state index contributed by atoms with van der Waals surface area (Å²) >= 11 is 0. The van der Waals surface area contributed by atoms with E-state index in [1.54, 1.807) is 27.6 Å². The smallest absolute Gasteiger partial charge is 0.245 e. The third kappa shape index (κ3) is 3.13. The molecule has 0 aromatic carbocycles. The van der Waals surface area contributed by atoms with Gasteiger partial charge in [-0.05, 0) is 25.8 Å². The molecule has 8 nitrogen and oxygen atoms in total. The van der Waals surface area contributed by atoms with Crippen LogP contribution in [0.5, 0.6) is 0 Å². The van der Waals surface area contributed by atoms with E-state index in [4.69, 9.17) is 0 Å². The fourth-order valence-corrected chi connectivity index (χ4v) is 3.61. The summed E-state index contributed by atoms with van der Waals surface area (Å²) in [5.74, 6) is -0.256. The first-order valence-corrected chi connectivity index (χ1v) is 8.21. The lowest BCUT2D eigenvalue weighted by Gasteiger charge is -2.41. The Morgan fingerprint density at radius 2 is 2.12 bits per heavy atom. The van der Waals surface area contributed by atoms with Gasteiger partial charge in [-0.2, -0.15) is 5.10 Å². The summed E-state index contributed by atoms with van der Waals surface area (Å²) in [6.45, 7) is 6.31. The van der Waals surface area contributed by atoms with Crippen molar-refractivity contribution < 1.29 is 14.4 Å². The molecule has 3 amide bonds. The molecule has 3 rings (SSSR count). The number of carbonyl (C=O) groups excluding carboxylic acids is 3. The molecule has 1 N–H and O–H groups in total. The zero-order valence-corrected chi connectivity index (χ0v) is 14.2. The van der Waals surface area contributed by atoms with E-state index in [0.717, 1.165) is 5.56 Å². The summed E-state index contributed by atoms with van der Waals surface area (Å²) in [7, 11) is 0. The maximum atomic E-state index is 12.6. The van der Waals surface area contributed by atoms with E-state index >= 15 is 0 Å². The molecule has 3 atom stereocenters. The van der Waals surface area contributed by atoms with Gasteiger partial charge in [0.2, 0.25) is 17.7 Å². The van der Waals surface area contributed by atoms with E-state index in [1.165, 1.54) is 6.92 Å². The van der Waals surface area contributed by atoms with Crippen LogP contribution < -0.4 is 5.32 Å². The average Bonchev–Trinajstić information content (AvgIpc) is 3.08. The Bertz CT molecular complexity index is 670. The molecule has 0 aliphatic carbocycles. The first kappa shape index (κ1) is 16.5. The lowest BCUT2D eigenvalue weighted by Crippen LogP contribution is -2.60. The van der Waals surface area contributed by atoms with Crippen LogP contribution in [0.3, 0.4) is 0 Å². The molecule has 0 saturated carbocycles. The molecule has 2 fully saturated rings. The van der Waals surface area contributed by atoms with Crippen molar-refractivity contribution in [1.82, 2.24) is 24.9 Å². The third-order valence-electron chi connectivity index (χ3n) is 4.72. The van der Waals surface area contributed by atoms with Crippen molar-refractivity contribution in [3.63, 3.8) is 0 Å². The van der Waals surface area contributed by atoms with Crippen molar-refractivity contribution in [3.8, 4) is 0 Å². The molecular weight excluding hydrogens is 310 g/mol. The molecule has 0 spiro atoms. The molecule has 8 heteroatoms. The SMILES string of the molecule is CC(=O)N[C@H]1C[C@H]2CN(C(=O)Cn3cc(C)cn3)[C@@H](C)C(=O)N2C1. The van der Waals surface area contributed by atoms with Crippen molar-refractivity contribution >= 4 is 17.7 Å². The highest BCUT2D eigenvalue weighted by Crippen LogP contribution is 2.26.